The summed E-state index contributed by atoms with van der Waals surface area (Å²) in [5.74, 6) is -5.75. The number of aliphatic hydroxyl groups excluding tert-OH is 2. The Kier molecular flexibility index (Phi) is 8.70. The van der Waals surface area contributed by atoms with Crippen molar-refractivity contribution in [3.05, 3.63) is 47.0 Å². The molecular weight excluding hydrogens is 616 g/mol. The third-order valence-corrected chi connectivity index (χ3v) is 10.8. The maximum Gasteiger partial charge on any atom is 0.338 e. The minimum absolute atomic E-state index is 0.0796. The molecule has 10 atom stereocenters. The Hall–Kier alpha value is -3.65. The summed E-state index contributed by atoms with van der Waals surface area (Å²) >= 11 is 0. The second-order valence-electron chi connectivity index (χ2n) is 13.9. The van der Waals surface area contributed by atoms with Crippen molar-refractivity contribution in [1.82, 2.24) is 0 Å². The van der Waals surface area contributed by atoms with Gasteiger partial charge in [-0.3, -0.25) is 14.4 Å². The molecule has 0 radical (unpaired) electrons. The molecule has 0 spiro atoms. The Morgan fingerprint density at radius 1 is 1.00 bits per heavy atom. The van der Waals surface area contributed by atoms with Crippen LogP contribution in [0.5, 0.6) is 0 Å². The van der Waals surface area contributed by atoms with Gasteiger partial charge in [0, 0.05) is 32.1 Å². The number of benzene rings is 1. The van der Waals surface area contributed by atoms with Crippen LogP contribution in [0.15, 0.2) is 41.5 Å². The van der Waals surface area contributed by atoms with Crippen molar-refractivity contribution in [1.29, 1.82) is 0 Å². The molecule has 1 saturated heterocycles. The Bertz CT molecular complexity index is 1510. The average Bonchev–Trinajstić information content (AvgIpc) is 2.98. The summed E-state index contributed by atoms with van der Waals surface area (Å²) in [6, 6.07) is 7.92. The predicted octanol–water partition coefficient (Wildman–Crippen LogP) is 1.58. The normalized spacial score (nSPS) is 37.9. The molecule has 1 aliphatic heterocycles. The minimum atomic E-state index is -2.24. The van der Waals surface area contributed by atoms with Crippen molar-refractivity contribution < 1.29 is 63.0 Å². The fourth-order valence-electron chi connectivity index (χ4n) is 8.26. The van der Waals surface area contributed by atoms with E-state index < -0.39 is 101 Å². The van der Waals surface area contributed by atoms with Gasteiger partial charge in [-0.25, -0.2) is 9.59 Å². The number of carbonyl (C=O) groups is 5. The summed E-state index contributed by atoms with van der Waals surface area (Å²) in [6.45, 7) is 9.36. The molecule has 47 heavy (non-hydrogen) atoms. The summed E-state index contributed by atoms with van der Waals surface area (Å²) in [6.07, 6.45) is -9.27. The Morgan fingerprint density at radius 2 is 1.64 bits per heavy atom. The number of carbonyl (C=O) groups excluding carboxylic acids is 5. The Labute approximate surface area is 272 Å². The third-order valence-electron chi connectivity index (χ3n) is 10.8. The van der Waals surface area contributed by atoms with Gasteiger partial charge in [-0.1, -0.05) is 32.0 Å². The summed E-state index contributed by atoms with van der Waals surface area (Å²) in [4.78, 5) is 67.0. The van der Waals surface area contributed by atoms with Crippen LogP contribution in [-0.2, 0) is 42.9 Å². The van der Waals surface area contributed by atoms with Crippen molar-refractivity contribution in [3.8, 4) is 0 Å². The van der Waals surface area contributed by atoms with Gasteiger partial charge in [0.2, 0.25) is 0 Å². The SMILES string of the molecule is CC(=O)O[C@H]1C(=O)[C@@]2(C)[C@H]([C@H](OC(=O)c3ccccc3)[C@]3(O)C[C@H](OC(=O)[C@H](C)O)C(C)=C1C3(C)C)[C@]1(OC(C)=O)CO[C@@H]1C[C@@H]2O. The van der Waals surface area contributed by atoms with Crippen LogP contribution in [-0.4, -0.2) is 99.4 Å². The highest BCUT2D eigenvalue weighted by Gasteiger charge is 2.78. The highest BCUT2D eigenvalue weighted by molar-refractivity contribution is 5.95. The summed E-state index contributed by atoms with van der Waals surface area (Å²) in [5, 5.41) is 35.0. The molecule has 3 fully saturated rings. The number of ketones is 1. The molecule has 4 aliphatic rings. The molecule has 0 aromatic heterocycles. The zero-order valence-electron chi connectivity index (χ0n) is 27.5. The molecular formula is C34H42O13. The highest BCUT2D eigenvalue weighted by Crippen LogP contribution is 2.64. The molecule has 3 aliphatic carbocycles. The van der Waals surface area contributed by atoms with Crippen LogP contribution in [0.4, 0.5) is 0 Å². The van der Waals surface area contributed by atoms with Gasteiger partial charge >= 0.3 is 23.9 Å². The third kappa shape index (κ3) is 5.18. The largest absolute Gasteiger partial charge is 0.456 e. The lowest BCUT2D eigenvalue weighted by atomic mass is 9.44. The number of ether oxygens (including phenoxy) is 5. The van der Waals surface area contributed by atoms with Crippen LogP contribution >= 0.6 is 0 Å². The van der Waals surface area contributed by atoms with E-state index in [1.165, 1.54) is 32.9 Å². The standard InChI is InChI=1S/C34H42O13/c1-16-21(45-29(40)17(2)35)14-34(42)28(46-30(41)20-11-9-8-10-12-20)26-32(7,22(38)13-23-33(26,15-43-23)47-19(4)37)27(39)25(44-18(3)36)24(16)31(34,5)6/h8-12,17,21-23,25-26,28,35,38,42H,13-15H2,1-7H3/t17-,21-,22-,23+,25+,26-,28-,32+,33-,34+/m0/s1. The number of rotatable bonds is 6. The van der Waals surface area contributed by atoms with E-state index in [-0.39, 0.29) is 29.7 Å². The van der Waals surface area contributed by atoms with Crippen LogP contribution in [0.3, 0.4) is 0 Å². The summed E-state index contributed by atoms with van der Waals surface area (Å²) in [7, 11) is 0. The van der Waals surface area contributed by atoms with E-state index in [0.717, 1.165) is 6.92 Å². The molecule has 0 unspecified atom stereocenters. The van der Waals surface area contributed by atoms with Gasteiger partial charge in [0.1, 0.15) is 30.0 Å². The van der Waals surface area contributed by atoms with Crippen molar-refractivity contribution in [2.24, 2.45) is 16.7 Å². The van der Waals surface area contributed by atoms with Crippen molar-refractivity contribution in [2.45, 2.75) is 109 Å². The fraction of sp³-hybridized carbons (Fsp3) is 0.618. The van der Waals surface area contributed by atoms with E-state index in [1.807, 2.05) is 0 Å². The topological polar surface area (TPSA) is 192 Å². The molecule has 13 nitrogen and oxygen atoms in total. The first-order valence-corrected chi connectivity index (χ1v) is 15.6. The van der Waals surface area contributed by atoms with E-state index in [1.54, 1.807) is 39.0 Å². The second-order valence-corrected chi connectivity index (χ2v) is 13.9. The lowest BCUT2D eigenvalue weighted by Gasteiger charge is -2.67. The van der Waals surface area contributed by atoms with Gasteiger partial charge in [0.05, 0.1) is 29.6 Å². The number of hydrogen-bond acceptors (Lipinski definition) is 13. The van der Waals surface area contributed by atoms with E-state index in [0.29, 0.717) is 0 Å². The quantitative estimate of drug-likeness (QED) is 0.227. The molecule has 3 N–H and O–H groups in total. The van der Waals surface area contributed by atoms with E-state index in [4.69, 9.17) is 23.7 Å². The van der Waals surface area contributed by atoms with Gasteiger partial charge in [-0.2, -0.15) is 0 Å². The number of fused-ring (bicyclic) bond motifs is 5. The number of Topliss-reactive ketones (excluding diaryl/α,β-unsaturated/α-hetero) is 1. The maximum atomic E-state index is 15.1. The van der Waals surface area contributed by atoms with Crippen LogP contribution in [0, 0.1) is 16.7 Å². The van der Waals surface area contributed by atoms with Crippen molar-refractivity contribution >= 4 is 29.7 Å². The molecule has 1 aromatic carbocycles. The first-order valence-electron chi connectivity index (χ1n) is 15.6. The zero-order chi connectivity index (χ0) is 34.9. The smallest absolute Gasteiger partial charge is 0.338 e. The number of esters is 4. The van der Waals surface area contributed by atoms with Crippen LogP contribution in [0.2, 0.25) is 0 Å². The van der Waals surface area contributed by atoms with Crippen LogP contribution in [0.1, 0.15) is 71.7 Å². The predicted molar refractivity (Wildman–Crippen MR) is 160 cm³/mol. The Balaban J connectivity index is 1.85. The summed E-state index contributed by atoms with van der Waals surface area (Å²) in [5.41, 5.74) is -6.97. The highest BCUT2D eigenvalue weighted by atomic mass is 16.6. The van der Waals surface area contributed by atoms with Gasteiger partial charge in [-0.05, 0) is 44.1 Å². The monoisotopic (exact) mass is 658 g/mol. The number of aliphatic hydroxyl groups is 3. The van der Waals surface area contributed by atoms with Crippen LogP contribution < -0.4 is 0 Å². The zero-order valence-corrected chi connectivity index (χ0v) is 27.5. The molecule has 0 amide bonds. The van der Waals surface area contributed by atoms with Gasteiger partial charge < -0.3 is 39.0 Å². The molecule has 1 aromatic rings. The Morgan fingerprint density at radius 3 is 2.17 bits per heavy atom. The van der Waals surface area contributed by atoms with Gasteiger partial charge in [-0.15, -0.1) is 0 Å². The molecule has 2 bridgehead atoms. The molecule has 256 valence electrons. The fourth-order valence-corrected chi connectivity index (χ4v) is 8.26. The molecule has 5 rings (SSSR count). The molecule has 2 saturated carbocycles. The van der Waals surface area contributed by atoms with E-state index in [2.05, 4.69) is 0 Å². The van der Waals surface area contributed by atoms with Gasteiger partial charge in [0.15, 0.2) is 17.5 Å². The molecule has 1 heterocycles. The van der Waals surface area contributed by atoms with Crippen LogP contribution in [0.25, 0.3) is 0 Å². The second kappa shape index (κ2) is 11.8. The molecule has 13 heteroatoms. The van der Waals surface area contributed by atoms with Crippen molar-refractivity contribution in [3.63, 3.8) is 0 Å². The van der Waals surface area contributed by atoms with Gasteiger partial charge in [0.25, 0.3) is 0 Å². The summed E-state index contributed by atoms with van der Waals surface area (Å²) < 4.78 is 29.4. The van der Waals surface area contributed by atoms with E-state index >= 15 is 4.79 Å². The number of hydrogen-bond donors (Lipinski definition) is 3. The first-order chi connectivity index (χ1) is 21.8. The average molecular weight is 659 g/mol. The minimum Gasteiger partial charge on any atom is -0.456 e. The van der Waals surface area contributed by atoms with E-state index in [9.17, 15) is 34.5 Å². The first kappa shape index (κ1) is 34.7. The van der Waals surface area contributed by atoms with Crippen molar-refractivity contribution in [2.75, 3.05) is 6.61 Å². The lowest BCUT2D eigenvalue weighted by Crippen LogP contribution is -2.82. The lowest BCUT2D eigenvalue weighted by molar-refractivity contribution is -0.346. The maximum absolute atomic E-state index is 15.1.